The number of aryl methyl sites for hydroxylation is 2. The summed E-state index contributed by atoms with van der Waals surface area (Å²) in [5, 5.41) is 0. The van der Waals surface area contributed by atoms with Gasteiger partial charge in [0.15, 0.2) is 5.78 Å². The maximum absolute atomic E-state index is 13.4. The molecule has 1 aromatic rings. The first-order valence-corrected chi connectivity index (χ1v) is 4.22. The molecule has 0 fully saturated rings. The van der Waals surface area contributed by atoms with Crippen LogP contribution in [0.5, 0.6) is 0 Å². The van der Waals surface area contributed by atoms with Gasteiger partial charge in [0.1, 0.15) is 5.82 Å². The van der Waals surface area contributed by atoms with Crippen molar-refractivity contribution >= 4 is 5.78 Å². The van der Waals surface area contributed by atoms with Crippen LogP contribution in [0.15, 0.2) is 6.07 Å². The number of rotatable bonds is 1. The molecule has 0 amide bonds. The van der Waals surface area contributed by atoms with E-state index in [2.05, 4.69) is 0 Å². The van der Waals surface area contributed by atoms with Crippen LogP contribution in [-0.4, -0.2) is 5.78 Å². The zero-order valence-corrected chi connectivity index (χ0v) is 8.36. The Bertz CT molecular complexity index is 367. The molecule has 13 heavy (non-hydrogen) atoms. The maximum Gasteiger partial charge on any atom is 0.160 e. The highest BCUT2D eigenvalue weighted by Crippen LogP contribution is 2.20. The molecule has 0 N–H and O–H groups in total. The van der Waals surface area contributed by atoms with E-state index in [1.807, 2.05) is 6.92 Å². The van der Waals surface area contributed by atoms with Crippen LogP contribution in [0.4, 0.5) is 4.39 Å². The highest BCUT2D eigenvalue weighted by molar-refractivity contribution is 5.97. The maximum atomic E-state index is 13.4. The minimum Gasteiger partial charge on any atom is -0.294 e. The van der Waals surface area contributed by atoms with E-state index >= 15 is 0 Å². The Balaban J connectivity index is 3.53. The molecule has 1 nitrogen and oxygen atoms in total. The van der Waals surface area contributed by atoms with E-state index in [1.54, 1.807) is 19.9 Å². The lowest BCUT2D eigenvalue weighted by molar-refractivity contribution is 0.101. The van der Waals surface area contributed by atoms with Crippen molar-refractivity contribution in [1.82, 2.24) is 0 Å². The number of carbonyl (C=O) groups is 1. The molecule has 1 aromatic carbocycles. The molecule has 1 rings (SSSR count). The summed E-state index contributed by atoms with van der Waals surface area (Å²) < 4.78 is 13.4. The first-order valence-electron chi connectivity index (χ1n) is 4.22. The molecule has 0 aliphatic rings. The van der Waals surface area contributed by atoms with Crippen LogP contribution in [-0.2, 0) is 0 Å². The van der Waals surface area contributed by atoms with Crippen molar-refractivity contribution in [2.75, 3.05) is 0 Å². The van der Waals surface area contributed by atoms with Gasteiger partial charge in [-0.1, -0.05) is 6.07 Å². The molecule has 0 atom stereocenters. The molecule has 0 saturated heterocycles. The van der Waals surface area contributed by atoms with Gasteiger partial charge < -0.3 is 0 Å². The van der Waals surface area contributed by atoms with Gasteiger partial charge in [-0.3, -0.25) is 4.79 Å². The number of halogens is 1. The number of hydrogen-bond acceptors (Lipinski definition) is 1. The van der Waals surface area contributed by atoms with E-state index in [1.165, 1.54) is 6.92 Å². The van der Waals surface area contributed by atoms with Crippen LogP contribution in [0, 0.1) is 26.6 Å². The Kier molecular flexibility index (Phi) is 2.50. The SMILES string of the molecule is CC(=O)c1c(C)cc(C)c(F)c1C. The van der Waals surface area contributed by atoms with Gasteiger partial charge >= 0.3 is 0 Å². The zero-order chi connectivity index (χ0) is 10.2. The number of hydrogen-bond donors (Lipinski definition) is 0. The van der Waals surface area contributed by atoms with Crippen LogP contribution in [0.2, 0.25) is 0 Å². The van der Waals surface area contributed by atoms with Crippen molar-refractivity contribution in [2.24, 2.45) is 0 Å². The third-order valence-electron chi connectivity index (χ3n) is 2.23. The molecule has 0 saturated carbocycles. The molecule has 70 valence electrons. The van der Waals surface area contributed by atoms with E-state index in [4.69, 9.17) is 0 Å². The molecule has 0 aliphatic heterocycles. The Labute approximate surface area is 77.6 Å². The van der Waals surface area contributed by atoms with Crippen LogP contribution in [0.25, 0.3) is 0 Å². The van der Waals surface area contributed by atoms with Gasteiger partial charge in [-0.25, -0.2) is 4.39 Å². The molecule has 0 unspecified atom stereocenters. The van der Waals surface area contributed by atoms with E-state index in [9.17, 15) is 9.18 Å². The van der Waals surface area contributed by atoms with Crippen molar-refractivity contribution in [3.05, 3.63) is 34.1 Å². The number of benzene rings is 1. The van der Waals surface area contributed by atoms with Crippen LogP contribution >= 0.6 is 0 Å². The van der Waals surface area contributed by atoms with Gasteiger partial charge in [0, 0.05) is 5.56 Å². The summed E-state index contributed by atoms with van der Waals surface area (Å²) in [6, 6.07) is 1.71. The summed E-state index contributed by atoms with van der Waals surface area (Å²) >= 11 is 0. The number of ketones is 1. The second-order valence-corrected chi connectivity index (χ2v) is 3.38. The Morgan fingerprint density at radius 2 is 1.77 bits per heavy atom. The quantitative estimate of drug-likeness (QED) is 0.607. The standard InChI is InChI=1S/C11H13FO/c1-6-5-7(2)11(12)8(3)10(6)9(4)13/h5H,1-4H3. The average Bonchev–Trinajstić information content (AvgIpc) is 1.99. The van der Waals surface area contributed by atoms with E-state index < -0.39 is 0 Å². The molecule has 0 radical (unpaired) electrons. The lowest BCUT2D eigenvalue weighted by Gasteiger charge is -2.09. The topological polar surface area (TPSA) is 17.1 Å². The Hall–Kier alpha value is -1.18. The highest BCUT2D eigenvalue weighted by Gasteiger charge is 2.13. The predicted octanol–water partition coefficient (Wildman–Crippen LogP) is 2.95. The summed E-state index contributed by atoms with van der Waals surface area (Å²) in [4.78, 5) is 11.2. The molecule has 2 heteroatoms. The van der Waals surface area contributed by atoms with Crippen molar-refractivity contribution in [3.8, 4) is 0 Å². The summed E-state index contributed by atoms with van der Waals surface area (Å²) in [5.74, 6) is -0.343. The Morgan fingerprint density at radius 1 is 1.23 bits per heavy atom. The first-order chi connectivity index (χ1) is 5.95. The van der Waals surface area contributed by atoms with E-state index in [-0.39, 0.29) is 11.6 Å². The van der Waals surface area contributed by atoms with Crippen molar-refractivity contribution < 1.29 is 9.18 Å². The average molecular weight is 180 g/mol. The normalized spacial score (nSPS) is 10.2. The van der Waals surface area contributed by atoms with Crippen LogP contribution < -0.4 is 0 Å². The van der Waals surface area contributed by atoms with Gasteiger partial charge in [0.25, 0.3) is 0 Å². The van der Waals surface area contributed by atoms with Crippen LogP contribution in [0.1, 0.15) is 34.0 Å². The van der Waals surface area contributed by atoms with Gasteiger partial charge in [0.2, 0.25) is 0 Å². The minimum atomic E-state index is -0.268. The summed E-state index contributed by atoms with van der Waals surface area (Å²) in [7, 11) is 0. The van der Waals surface area contributed by atoms with Crippen molar-refractivity contribution in [3.63, 3.8) is 0 Å². The van der Waals surface area contributed by atoms with E-state index in [0.717, 1.165) is 5.56 Å². The second kappa shape index (κ2) is 3.29. The molecule has 0 spiro atoms. The smallest absolute Gasteiger partial charge is 0.160 e. The van der Waals surface area contributed by atoms with Gasteiger partial charge in [-0.2, -0.15) is 0 Å². The number of carbonyl (C=O) groups excluding carboxylic acids is 1. The molecular formula is C11H13FO. The van der Waals surface area contributed by atoms with Crippen LogP contribution in [0.3, 0.4) is 0 Å². The summed E-state index contributed by atoms with van der Waals surface area (Å²) in [6.07, 6.45) is 0. The van der Waals surface area contributed by atoms with Crippen molar-refractivity contribution in [1.29, 1.82) is 0 Å². The predicted molar refractivity (Wildman–Crippen MR) is 50.6 cm³/mol. The molecule has 0 bridgehead atoms. The summed E-state index contributed by atoms with van der Waals surface area (Å²) in [5.41, 5.74) is 2.43. The third-order valence-corrected chi connectivity index (χ3v) is 2.23. The summed E-state index contributed by atoms with van der Waals surface area (Å²) in [6.45, 7) is 6.64. The lowest BCUT2D eigenvalue weighted by Crippen LogP contribution is -2.03. The molecular weight excluding hydrogens is 167 g/mol. The first kappa shape index (κ1) is 9.90. The zero-order valence-electron chi connectivity index (χ0n) is 8.36. The molecule has 0 aromatic heterocycles. The highest BCUT2D eigenvalue weighted by atomic mass is 19.1. The van der Waals surface area contributed by atoms with Gasteiger partial charge in [-0.05, 0) is 44.4 Å². The lowest BCUT2D eigenvalue weighted by atomic mass is 9.96. The molecule has 0 aliphatic carbocycles. The number of Topliss-reactive ketones (excluding diaryl/α,β-unsaturated/α-hetero) is 1. The fourth-order valence-corrected chi connectivity index (χ4v) is 1.70. The van der Waals surface area contributed by atoms with Gasteiger partial charge in [-0.15, -0.1) is 0 Å². The minimum absolute atomic E-state index is 0.0751. The second-order valence-electron chi connectivity index (χ2n) is 3.38. The fourth-order valence-electron chi connectivity index (χ4n) is 1.70. The molecule has 0 heterocycles. The Morgan fingerprint density at radius 3 is 2.23 bits per heavy atom. The monoisotopic (exact) mass is 180 g/mol. The largest absolute Gasteiger partial charge is 0.294 e. The van der Waals surface area contributed by atoms with Crippen molar-refractivity contribution in [2.45, 2.75) is 27.7 Å². The van der Waals surface area contributed by atoms with Gasteiger partial charge in [0.05, 0.1) is 0 Å². The van der Waals surface area contributed by atoms with E-state index in [0.29, 0.717) is 16.7 Å². The fraction of sp³-hybridized carbons (Fsp3) is 0.364. The third kappa shape index (κ3) is 1.62.